The average molecular weight is 449 g/mol. The summed E-state index contributed by atoms with van der Waals surface area (Å²) in [4.78, 5) is 45.4. The molecule has 0 heterocycles. The maximum absolute atomic E-state index is 11.5. The van der Waals surface area contributed by atoms with E-state index in [2.05, 4.69) is 23.8 Å². The van der Waals surface area contributed by atoms with Gasteiger partial charge >= 0.3 is 11.9 Å². The zero-order valence-corrected chi connectivity index (χ0v) is 18.4. The molecule has 0 aliphatic rings. The van der Waals surface area contributed by atoms with Gasteiger partial charge in [0.25, 0.3) is 10.5 Å². The van der Waals surface area contributed by atoms with Crippen molar-refractivity contribution in [3.63, 3.8) is 0 Å². The van der Waals surface area contributed by atoms with Gasteiger partial charge in [0.05, 0.1) is 26.3 Å². The summed E-state index contributed by atoms with van der Waals surface area (Å²) in [6, 6.07) is 0. The van der Waals surface area contributed by atoms with Crippen molar-refractivity contribution >= 4 is 45.9 Å². The summed E-state index contributed by atoms with van der Waals surface area (Å²) < 4.78 is 15.0. The van der Waals surface area contributed by atoms with Crippen molar-refractivity contribution in [1.82, 2.24) is 10.6 Å². The molecule has 0 aliphatic carbocycles. The molecule has 2 N–H and O–H groups in total. The monoisotopic (exact) mass is 448 g/mol. The van der Waals surface area contributed by atoms with E-state index in [0.29, 0.717) is 35.9 Å². The van der Waals surface area contributed by atoms with Crippen molar-refractivity contribution in [3.8, 4) is 0 Å². The Morgan fingerprint density at radius 2 is 1.10 bits per heavy atom. The first-order valence-electron chi connectivity index (χ1n) is 8.78. The molecule has 0 aromatic rings. The topological polar surface area (TPSA) is 120 Å². The lowest BCUT2D eigenvalue weighted by Gasteiger charge is -2.07. The molecule has 0 unspecified atom stereocenters. The van der Waals surface area contributed by atoms with Crippen LogP contribution in [0.3, 0.4) is 0 Å². The number of esters is 2. The Bertz CT molecular complexity index is 547. The van der Waals surface area contributed by atoms with Gasteiger partial charge in [0.2, 0.25) is 0 Å². The van der Waals surface area contributed by atoms with Gasteiger partial charge in [-0.15, -0.1) is 0 Å². The highest BCUT2D eigenvalue weighted by molar-refractivity contribution is 8.13. The molecular formula is C18H28N2O7S2. The minimum atomic E-state index is -0.488. The second-order valence-corrected chi connectivity index (χ2v) is 7.71. The summed E-state index contributed by atoms with van der Waals surface area (Å²) in [6.07, 6.45) is 0. The molecule has 9 nitrogen and oxygen atoms in total. The fraction of sp³-hybridized carbons (Fsp3) is 0.556. The van der Waals surface area contributed by atoms with Crippen molar-refractivity contribution < 1.29 is 33.4 Å². The molecule has 0 aliphatic heterocycles. The van der Waals surface area contributed by atoms with Crippen LogP contribution in [0.2, 0.25) is 0 Å². The number of thioether (sulfide) groups is 2. The first kappa shape index (κ1) is 27.0. The number of amides is 2. The van der Waals surface area contributed by atoms with E-state index in [1.54, 1.807) is 13.8 Å². The number of rotatable bonds is 14. The van der Waals surface area contributed by atoms with Gasteiger partial charge in [0.15, 0.2) is 0 Å². The van der Waals surface area contributed by atoms with Crippen LogP contribution in [-0.2, 0) is 23.8 Å². The highest BCUT2D eigenvalue weighted by atomic mass is 32.2. The molecule has 0 fully saturated rings. The molecule has 29 heavy (non-hydrogen) atoms. The third-order valence-corrected chi connectivity index (χ3v) is 4.38. The standard InChI is InChI=1S/C18H28N2O7S2/c1-13(2)15(21)26-7-5-19-17(23)28-11-9-25-10-12-29-18(24)20-6-8-27-16(22)14(3)4/h1,3,5-12H2,2,4H3,(H,19,23)(H,20,24). The molecular weight excluding hydrogens is 420 g/mol. The number of hydrogen-bond acceptors (Lipinski definition) is 9. The van der Waals surface area contributed by atoms with E-state index in [-0.39, 0.29) is 36.8 Å². The third kappa shape index (κ3) is 16.7. The predicted molar refractivity (Wildman–Crippen MR) is 114 cm³/mol. The van der Waals surface area contributed by atoms with Gasteiger partial charge in [-0.3, -0.25) is 9.59 Å². The Morgan fingerprint density at radius 1 is 0.724 bits per heavy atom. The van der Waals surface area contributed by atoms with Crippen molar-refractivity contribution in [1.29, 1.82) is 0 Å². The molecule has 11 heteroatoms. The van der Waals surface area contributed by atoms with E-state index in [1.165, 1.54) is 0 Å². The van der Waals surface area contributed by atoms with Crippen LogP contribution in [0.25, 0.3) is 0 Å². The second-order valence-electron chi connectivity index (χ2n) is 5.57. The summed E-state index contributed by atoms with van der Waals surface area (Å²) in [5.41, 5.74) is 0.616. The predicted octanol–water partition coefficient (Wildman–Crippen LogP) is 2.13. The molecule has 2 amide bonds. The molecule has 0 radical (unpaired) electrons. The number of hydrogen-bond donors (Lipinski definition) is 2. The first-order valence-corrected chi connectivity index (χ1v) is 10.8. The molecule has 0 rings (SSSR count). The van der Waals surface area contributed by atoms with Crippen LogP contribution in [0.15, 0.2) is 24.3 Å². The summed E-state index contributed by atoms with van der Waals surface area (Å²) in [6.45, 7) is 11.4. The van der Waals surface area contributed by atoms with Crippen LogP contribution in [0.1, 0.15) is 13.8 Å². The average Bonchev–Trinajstić information content (AvgIpc) is 2.67. The molecule has 0 saturated carbocycles. The van der Waals surface area contributed by atoms with Gasteiger partial charge in [-0.05, 0) is 13.8 Å². The summed E-state index contributed by atoms with van der Waals surface area (Å²) in [5.74, 6) is -0.0545. The summed E-state index contributed by atoms with van der Waals surface area (Å²) in [7, 11) is 0. The second kappa shape index (κ2) is 16.9. The quantitative estimate of drug-likeness (QED) is 0.234. The van der Waals surface area contributed by atoms with Gasteiger partial charge in [-0.2, -0.15) is 0 Å². The van der Waals surface area contributed by atoms with Gasteiger partial charge < -0.3 is 24.8 Å². The molecule has 164 valence electrons. The minimum Gasteiger partial charge on any atom is -0.460 e. The van der Waals surface area contributed by atoms with Crippen molar-refractivity contribution in [2.24, 2.45) is 0 Å². The number of carbonyl (C=O) groups excluding carboxylic acids is 4. The van der Waals surface area contributed by atoms with Crippen molar-refractivity contribution in [3.05, 3.63) is 24.3 Å². The SMILES string of the molecule is C=C(C)C(=O)OCCNC(=O)SCCOCCSC(=O)NCCOC(=O)C(=C)C. The van der Waals surface area contributed by atoms with Gasteiger partial charge in [-0.25, -0.2) is 9.59 Å². The molecule has 0 atom stereocenters. The van der Waals surface area contributed by atoms with E-state index >= 15 is 0 Å². The van der Waals surface area contributed by atoms with E-state index in [1.807, 2.05) is 0 Å². The van der Waals surface area contributed by atoms with E-state index in [4.69, 9.17) is 14.2 Å². The van der Waals surface area contributed by atoms with E-state index in [0.717, 1.165) is 23.5 Å². The van der Waals surface area contributed by atoms with Crippen LogP contribution in [-0.4, -0.2) is 73.4 Å². The number of nitrogens with one attached hydrogen (secondary N) is 2. The summed E-state index contributed by atoms with van der Waals surface area (Å²) in [5, 5.41) is 4.73. The maximum Gasteiger partial charge on any atom is 0.333 e. The smallest absolute Gasteiger partial charge is 0.333 e. The minimum absolute atomic E-state index is 0.0874. The van der Waals surface area contributed by atoms with Crippen LogP contribution < -0.4 is 10.6 Å². The maximum atomic E-state index is 11.5. The fourth-order valence-corrected chi connectivity index (χ4v) is 2.61. The third-order valence-electron chi connectivity index (χ3n) is 2.83. The van der Waals surface area contributed by atoms with Crippen LogP contribution in [0.4, 0.5) is 9.59 Å². The largest absolute Gasteiger partial charge is 0.460 e. The Hall–Kier alpha value is -1.98. The van der Waals surface area contributed by atoms with E-state index < -0.39 is 11.9 Å². The Kier molecular flexibility index (Phi) is 15.8. The lowest BCUT2D eigenvalue weighted by Crippen LogP contribution is -2.25. The van der Waals surface area contributed by atoms with Gasteiger partial charge in [0.1, 0.15) is 13.2 Å². The highest BCUT2D eigenvalue weighted by Crippen LogP contribution is 2.03. The number of carbonyl (C=O) groups is 4. The highest BCUT2D eigenvalue weighted by Gasteiger charge is 2.06. The first-order chi connectivity index (χ1) is 13.7. The lowest BCUT2D eigenvalue weighted by atomic mass is 10.4. The van der Waals surface area contributed by atoms with Gasteiger partial charge in [-0.1, -0.05) is 36.7 Å². The molecule has 0 bridgehead atoms. The summed E-state index contributed by atoms with van der Waals surface area (Å²) >= 11 is 2.11. The zero-order chi connectivity index (χ0) is 22.1. The van der Waals surface area contributed by atoms with Crippen molar-refractivity contribution in [2.75, 3.05) is 51.0 Å². The molecule has 0 saturated heterocycles. The normalized spacial score (nSPS) is 10.0. The van der Waals surface area contributed by atoms with E-state index in [9.17, 15) is 19.2 Å². The Labute approximate surface area is 179 Å². The molecule has 0 aromatic heterocycles. The molecule has 0 aromatic carbocycles. The van der Waals surface area contributed by atoms with Crippen molar-refractivity contribution in [2.45, 2.75) is 13.8 Å². The fourth-order valence-electron chi connectivity index (χ4n) is 1.43. The van der Waals surface area contributed by atoms with Crippen LogP contribution in [0, 0.1) is 0 Å². The lowest BCUT2D eigenvalue weighted by molar-refractivity contribution is -0.139. The molecule has 0 spiro atoms. The van der Waals surface area contributed by atoms with Crippen LogP contribution in [0.5, 0.6) is 0 Å². The zero-order valence-electron chi connectivity index (χ0n) is 16.7. The van der Waals surface area contributed by atoms with Crippen LogP contribution >= 0.6 is 23.5 Å². The number of ether oxygens (including phenoxy) is 3. The van der Waals surface area contributed by atoms with Gasteiger partial charge in [0, 0.05) is 22.7 Å². The Balaban J connectivity index is 3.47. The Morgan fingerprint density at radius 3 is 1.45 bits per heavy atom.